The molecule has 1 aliphatic rings. The van der Waals surface area contributed by atoms with Crippen LogP contribution in [0.15, 0.2) is 24.4 Å². The van der Waals surface area contributed by atoms with E-state index < -0.39 is 0 Å². The Bertz CT molecular complexity index is 748. The minimum absolute atomic E-state index is 0.0398. The quantitative estimate of drug-likeness (QED) is 0.905. The Balaban J connectivity index is 1.71. The number of amides is 1. The highest BCUT2D eigenvalue weighted by molar-refractivity contribution is 7.16. The van der Waals surface area contributed by atoms with E-state index in [0.717, 1.165) is 35.6 Å². The standard InChI is InChI=1S/C17H18N4OS/c1-11(14-4-2-3-6-20-14)8-16(22)21-17-13(9-18)12-5-7-19-10-15(12)23-17/h2-4,6,11,19H,5,7-8,10H2,1H3,(H,21,22). The number of nitrogens with one attached hydrogen (secondary N) is 2. The minimum Gasteiger partial charge on any atom is -0.317 e. The molecule has 0 saturated carbocycles. The van der Waals surface area contributed by atoms with Crippen LogP contribution in [0.25, 0.3) is 0 Å². The maximum atomic E-state index is 12.3. The smallest absolute Gasteiger partial charge is 0.225 e. The first kappa shape index (κ1) is 15.7. The van der Waals surface area contributed by atoms with Crippen LogP contribution < -0.4 is 10.6 Å². The second-order valence-corrected chi connectivity index (χ2v) is 6.76. The topological polar surface area (TPSA) is 77.8 Å². The van der Waals surface area contributed by atoms with Crippen molar-refractivity contribution >= 4 is 22.2 Å². The van der Waals surface area contributed by atoms with Crippen molar-refractivity contribution in [1.82, 2.24) is 10.3 Å². The number of hydrogen-bond acceptors (Lipinski definition) is 5. The summed E-state index contributed by atoms with van der Waals surface area (Å²) in [5.41, 5.74) is 2.62. The summed E-state index contributed by atoms with van der Waals surface area (Å²) >= 11 is 1.51. The van der Waals surface area contributed by atoms with E-state index in [4.69, 9.17) is 0 Å². The summed E-state index contributed by atoms with van der Waals surface area (Å²) in [5, 5.41) is 16.3. The predicted octanol–water partition coefficient (Wildman–Crippen LogP) is 2.79. The molecule has 23 heavy (non-hydrogen) atoms. The van der Waals surface area contributed by atoms with Crippen molar-refractivity contribution in [3.05, 3.63) is 46.1 Å². The van der Waals surface area contributed by atoms with Crippen molar-refractivity contribution < 1.29 is 4.79 Å². The van der Waals surface area contributed by atoms with Gasteiger partial charge in [0.15, 0.2) is 0 Å². The number of aromatic nitrogens is 1. The van der Waals surface area contributed by atoms with Gasteiger partial charge in [-0.25, -0.2) is 0 Å². The lowest BCUT2D eigenvalue weighted by Crippen LogP contribution is -2.22. The molecule has 0 radical (unpaired) electrons. The fourth-order valence-electron chi connectivity index (χ4n) is 2.77. The van der Waals surface area contributed by atoms with Crippen LogP contribution in [0.3, 0.4) is 0 Å². The molecule has 118 valence electrons. The molecule has 0 aromatic carbocycles. The number of rotatable bonds is 4. The highest BCUT2D eigenvalue weighted by atomic mass is 32.1. The van der Waals surface area contributed by atoms with Crippen LogP contribution in [0.1, 0.15) is 41.0 Å². The number of nitriles is 1. The van der Waals surface area contributed by atoms with Crippen LogP contribution in [0, 0.1) is 11.3 Å². The maximum Gasteiger partial charge on any atom is 0.225 e. The molecule has 5 nitrogen and oxygen atoms in total. The molecule has 0 aliphatic carbocycles. The van der Waals surface area contributed by atoms with Gasteiger partial charge in [-0.2, -0.15) is 5.26 Å². The molecule has 0 bridgehead atoms. The number of carbonyl (C=O) groups excluding carboxylic acids is 1. The van der Waals surface area contributed by atoms with E-state index in [1.807, 2.05) is 25.1 Å². The Morgan fingerprint density at radius 1 is 1.57 bits per heavy atom. The molecule has 0 spiro atoms. The highest BCUT2D eigenvalue weighted by Crippen LogP contribution is 2.35. The van der Waals surface area contributed by atoms with Crippen LogP contribution >= 0.6 is 11.3 Å². The third kappa shape index (κ3) is 3.41. The molecule has 2 N–H and O–H groups in total. The van der Waals surface area contributed by atoms with Crippen LogP contribution in [0.5, 0.6) is 0 Å². The zero-order valence-electron chi connectivity index (χ0n) is 12.9. The van der Waals surface area contributed by atoms with Gasteiger partial charge >= 0.3 is 0 Å². The van der Waals surface area contributed by atoms with Crippen molar-refractivity contribution in [1.29, 1.82) is 5.26 Å². The number of thiophene rings is 1. The third-order valence-corrected chi connectivity index (χ3v) is 5.12. The fraction of sp³-hybridized carbons (Fsp3) is 0.353. The second kappa shape index (κ2) is 6.90. The van der Waals surface area contributed by atoms with Crippen LogP contribution in [-0.4, -0.2) is 17.4 Å². The molecular weight excluding hydrogens is 308 g/mol. The van der Waals surface area contributed by atoms with Gasteiger partial charge in [0.2, 0.25) is 5.91 Å². The fourth-order valence-corrected chi connectivity index (χ4v) is 3.95. The number of anilines is 1. The molecule has 3 rings (SSSR count). The number of hydrogen-bond donors (Lipinski definition) is 2. The van der Waals surface area contributed by atoms with Gasteiger partial charge in [0.1, 0.15) is 11.1 Å². The Morgan fingerprint density at radius 3 is 3.17 bits per heavy atom. The van der Waals surface area contributed by atoms with E-state index >= 15 is 0 Å². The monoisotopic (exact) mass is 326 g/mol. The van der Waals surface area contributed by atoms with E-state index in [-0.39, 0.29) is 11.8 Å². The van der Waals surface area contributed by atoms with Gasteiger partial charge in [-0.1, -0.05) is 13.0 Å². The molecule has 2 aromatic heterocycles. The van der Waals surface area contributed by atoms with Gasteiger partial charge in [-0.15, -0.1) is 11.3 Å². The van der Waals surface area contributed by atoms with E-state index in [0.29, 0.717) is 17.0 Å². The first-order chi connectivity index (χ1) is 11.2. The lowest BCUT2D eigenvalue weighted by Gasteiger charge is -2.11. The van der Waals surface area contributed by atoms with Crippen molar-refractivity contribution in [2.45, 2.75) is 32.2 Å². The Kier molecular flexibility index (Phi) is 4.70. The lowest BCUT2D eigenvalue weighted by molar-refractivity contribution is -0.116. The van der Waals surface area contributed by atoms with E-state index in [9.17, 15) is 10.1 Å². The van der Waals surface area contributed by atoms with E-state index in [1.54, 1.807) is 6.20 Å². The van der Waals surface area contributed by atoms with E-state index in [1.165, 1.54) is 11.3 Å². The summed E-state index contributed by atoms with van der Waals surface area (Å²) in [4.78, 5) is 17.8. The largest absolute Gasteiger partial charge is 0.317 e. The van der Waals surface area contributed by atoms with E-state index in [2.05, 4.69) is 21.7 Å². The van der Waals surface area contributed by atoms with Gasteiger partial charge in [0, 0.05) is 35.7 Å². The lowest BCUT2D eigenvalue weighted by atomic mass is 10.0. The molecule has 0 saturated heterocycles. The number of pyridine rings is 1. The van der Waals surface area contributed by atoms with Gasteiger partial charge in [0.25, 0.3) is 0 Å². The predicted molar refractivity (Wildman–Crippen MR) is 90.3 cm³/mol. The summed E-state index contributed by atoms with van der Waals surface area (Å²) in [6.45, 7) is 3.63. The van der Waals surface area contributed by atoms with Crippen molar-refractivity contribution in [3.63, 3.8) is 0 Å². The first-order valence-electron chi connectivity index (χ1n) is 7.65. The van der Waals surface area contributed by atoms with Gasteiger partial charge in [-0.05, 0) is 30.7 Å². The summed E-state index contributed by atoms with van der Waals surface area (Å²) in [6.07, 6.45) is 2.93. The summed E-state index contributed by atoms with van der Waals surface area (Å²) in [5.74, 6) is -0.0378. The summed E-state index contributed by atoms with van der Waals surface area (Å²) < 4.78 is 0. The molecule has 1 aliphatic heterocycles. The Hall–Kier alpha value is -2.23. The average Bonchev–Trinajstić information content (AvgIpc) is 2.92. The molecule has 3 heterocycles. The number of carbonyl (C=O) groups is 1. The number of fused-ring (bicyclic) bond motifs is 1. The van der Waals surface area contributed by atoms with Crippen LogP contribution in [0.2, 0.25) is 0 Å². The summed E-state index contributed by atoms with van der Waals surface area (Å²) in [6, 6.07) is 7.96. The zero-order chi connectivity index (χ0) is 16.2. The molecule has 2 aromatic rings. The minimum atomic E-state index is -0.0776. The highest BCUT2D eigenvalue weighted by Gasteiger charge is 2.22. The maximum absolute atomic E-state index is 12.3. The van der Waals surface area contributed by atoms with Crippen LogP contribution in [-0.2, 0) is 17.8 Å². The molecule has 1 unspecified atom stereocenters. The first-order valence-corrected chi connectivity index (χ1v) is 8.46. The Labute approximate surface area is 139 Å². The zero-order valence-corrected chi connectivity index (χ0v) is 13.7. The van der Waals surface area contributed by atoms with Gasteiger partial charge < -0.3 is 10.6 Å². The molecule has 6 heteroatoms. The van der Waals surface area contributed by atoms with Crippen LogP contribution in [0.4, 0.5) is 5.00 Å². The second-order valence-electron chi connectivity index (χ2n) is 5.65. The molecule has 0 fully saturated rings. The Morgan fingerprint density at radius 2 is 2.43 bits per heavy atom. The molecule has 1 amide bonds. The van der Waals surface area contributed by atoms with Gasteiger partial charge in [-0.3, -0.25) is 9.78 Å². The number of nitrogens with zero attached hydrogens (tertiary/aromatic N) is 2. The van der Waals surface area contributed by atoms with Crippen molar-refractivity contribution in [2.75, 3.05) is 11.9 Å². The van der Waals surface area contributed by atoms with Gasteiger partial charge in [0.05, 0.1) is 5.56 Å². The van der Waals surface area contributed by atoms with Crippen molar-refractivity contribution in [2.24, 2.45) is 0 Å². The summed E-state index contributed by atoms with van der Waals surface area (Å²) in [7, 11) is 0. The molecular formula is C17H18N4OS. The normalized spacial score (nSPS) is 14.6. The van der Waals surface area contributed by atoms with Crippen molar-refractivity contribution in [3.8, 4) is 6.07 Å². The average molecular weight is 326 g/mol. The molecule has 1 atom stereocenters. The third-order valence-electron chi connectivity index (χ3n) is 3.98. The SMILES string of the molecule is CC(CC(=O)Nc1sc2c(c1C#N)CCNC2)c1ccccn1.